The molecule has 0 bridgehead atoms. The molecule has 10 rings (SSSR count). The van der Waals surface area contributed by atoms with Gasteiger partial charge in [0.2, 0.25) is 5.95 Å². The molecule has 0 saturated carbocycles. The molecule has 0 aliphatic rings. The van der Waals surface area contributed by atoms with Crippen LogP contribution in [0, 0.1) is 38.1 Å². The monoisotopic (exact) mass is 1060 g/mol. The van der Waals surface area contributed by atoms with Crippen LogP contribution in [0.25, 0.3) is 72.5 Å². The van der Waals surface area contributed by atoms with Crippen LogP contribution in [0.4, 0.5) is 0 Å². The fraction of sp³-hybridized carbons (Fsp3) is 0.0392. The van der Waals surface area contributed by atoms with Crippen molar-refractivity contribution in [2.45, 2.75) is 13.8 Å². The van der Waals surface area contributed by atoms with Gasteiger partial charge < -0.3 is 24.0 Å². The minimum atomic E-state index is 0. The third kappa shape index (κ3) is 8.16. The first kappa shape index (κ1) is 41.1. The fourth-order valence-electron chi connectivity index (χ4n) is 7.49. The number of hydrogen-bond donors (Lipinski definition) is 0. The van der Waals surface area contributed by atoms with Crippen molar-refractivity contribution in [3.63, 3.8) is 0 Å². The number of rotatable bonds is 9. The van der Waals surface area contributed by atoms with E-state index in [-0.39, 0.29) is 41.5 Å². The second-order valence-electron chi connectivity index (χ2n) is 13.9. The van der Waals surface area contributed by atoms with E-state index < -0.39 is 0 Å². The zero-order chi connectivity index (χ0) is 39.7. The van der Waals surface area contributed by atoms with Gasteiger partial charge in [0.25, 0.3) is 0 Å². The summed E-state index contributed by atoms with van der Waals surface area (Å²) in [6.07, 6.45) is 6.50. The van der Waals surface area contributed by atoms with E-state index in [4.69, 9.17) is 9.47 Å². The summed E-state index contributed by atoms with van der Waals surface area (Å²) >= 11 is 0. The predicted molar refractivity (Wildman–Crippen MR) is 229 cm³/mol. The van der Waals surface area contributed by atoms with E-state index in [0.717, 1.165) is 66.7 Å². The average molecular weight is 1060 g/mol. The van der Waals surface area contributed by atoms with Gasteiger partial charge in [0.05, 0.1) is 0 Å². The number of hydrogen-bond acceptors (Lipinski definition) is 7. The Kier molecular flexibility index (Phi) is 12.1. The number of nitrogens with zero attached hydrogens (tertiary/aromatic N) is 6. The van der Waals surface area contributed by atoms with Crippen molar-refractivity contribution in [3.8, 4) is 73.7 Å². The van der Waals surface area contributed by atoms with E-state index in [2.05, 4.69) is 99.4 Å². The number of pyridine rings is 2. The molecular weight excluding hydrogens is 1030 g/mol. The van der Waals surface area contributed by atoms with Crippen molar-refractivity contribution in [2.24, 2.45) is 0 Å². The van der Waals surface area contributed by atoms with Crippen molar-refractivity contribution in [2.75, 3.05) is 0 Å². The summed E-state index contributed by atoms with van der Waals surface area (Å²) in [5.41, 5.74) is 10.6. The van der Waals surface area contributed by atoms with E-state index >= 15 is 0 Å². The van der Waals surface area contributed by atoms with Crippen LogP contribution in [-0.4, -0.2) is 29.5 Å². The van der Waals surface area contributed by atoms with Gasteiger partial charge in [-0.2, -0.15) is 22.9 Å². The van der Waals surface area contributed by atoms with E-state index in [1.807, 2.05) is 102 Å². The summed E-state index contributed by atoms with van der Waals surface area (Å²) in [4.78, 5) is 22.4. The molecule has 61 heavy (non-hydrogen) atoms. The maximum atomic E-state index is 6.77. The van der Waals surface area contributed by atoms with E-state index in [0.29, 0.717) is 40.0 Å². The maximum absolute atomic E-state index is 6.77. The Morgan fingerprint density at radius 3 is 1.36 bits per heavy atom. The SMILES string of the molecule is Cc1cc(-c2ccccn2)[c-]c(Oc2[c-]c3c(cc2)c2ccc(Oc4[c-]c(-c5ccccn5)cc(C)c4-c4ccccc4)[c-]c2n3-c2ncncn2)c1-c1ccccc1.[Pd+2].[Pt+2]. The summed E-state index contributed by atoms with van der Waals surface area (Å²) in [6.45, 7) is 4.15. The van der Waals surface area contributed by atoms with Crippen LogP contribution < -0.4 is 9.47 Å². The molecule has 8 nitrogen and oxygen atoms in total. The summed E-state index contributed by atoms with van der Waals surface area (Å²) in [7, 11) is 0. The second-order valence-corrected chi connectivity index (χ2v) is 13.9. The van der Waals surface area contributed by atoms with Crippen LogP contribution in [0.5, 0.6) is 23.0 Å². The standard InChI is InChI=1S/C51H32N6O2.Pd.Pt/c1-33-25-37(43-17-9-11-23-53-43)27-47(49(33)35-13-5-3-6-14-35)58-39-19-21-41-42-22-20-40(30-46(42)57(45(41)29-39)51-55-31-52-32-56-51)59-48-28-38(44-18-10-12-24-54-44)26-34(2)50(48)36-15-7-4-8-16-36;;/h3-26,31-32H,1-2H3;;/q-4;2*+2. The van der Waals surface area contributed by atoms with Gasteiger partial charge in [0.15, 0.2) is 0 Å². The Hall–Kier alpha value is -6.62. The van der Waals surface area contributed by atoms with Gasteiger partial charge in [-0.3, -0.25) is 0 Å². The van der Waals surface area contributed by atoms with Crippen LogP contribution in [0.1, 0.15) is 11.1 Å². The molecule has 0 aliphatic carbocycles. The minimum absolute atomic E-state index is 0. The zero-order valence-corrected chi connectivity index (χ0v) is 36.5. The maximum Gasteiger partial charge on any atom is 2.00 e. The van der Waals surface area contributed by atoms with Crippen LogP contribution in [-0.2, 0) is 41.5 Å². The molecule has 10 aromatic rings. The molecule has 0 aliphatic heterocycles. The third-order valence-electron chi connectivity index (χ3n) is 10.1. The number of fused-ring (bicyclic) bond motifs is 3. The van der Waals surface area contributed by atoms with Crippen molar-refractivity contribution in [1.29, 1.82) is 0 Å². The second kappa shape index (κ2) is 17.9. The van der Waals surface area contributed by atoms with Crippen LogP contribution in [0.2, 0.25) is 0 Å². The Morgan fingerprint density at radius 2 is 0.934 bits per heavy atom. The first-order chi connectivity index (χ1) is 29.1. The van der Waals surface area contributed by atoms with Crippen molar-refractivity contribution >= 4 is 21.8 Å². The van der Waals surface area contributed by atoms with Crippen LogP contribution in [0.15, 0.2) is 159 Å². The normalized spacial score (nSPS) is 10.9. The molecule has 4 aromatic heterocycles. The van der Waals surface area contributed by atoms with Gasteiger partial charge in [-0.05, 0) is 23.5 Å². The van der Waals surface area contributed by atoms with Gasteiger partial charge >= 0.3 is 41.5 Å². The number of aromatic nitrogens is 6. The first-order valence-corrected chi connectivity index (χ1v) is 19.1. The summed E-state index contributed by atoms with van der Waals surface area (Å²) in [6, 6.07) is 58.3. The largest absolute Gasteiger partial charge is 2.00 e. The molecule has 298 valence electrons. The molecule has 0 amide bonds. The molecule has 0 unspecified atom stereocenters. The predicted octanol–water partition coefficient (Wildman–Crippen LogP) is 11.8. The quantitative estimate of drug-likeness (QED) is 0.105. The summed E-state index contributed by atoms with van der Waals surface area (Å²) < 4.78 is 15.4. The third-order valence-corrected chi connectivity index (χ3v) is 10.1. The zero-order valence-electron chi connectivity index (χ0n) is 32.6. The number of ether oxygens (including phenoxy) is 2. The van der Waals surface area contributed by atoms with Crippen LogP contribution in [0.3, 0.4) is 0 Å². The Labute approximate surface area is 381 Å². The number of benzene rings is 6. The molecule has 10 heteroatoms. The van der Waals surface area contributed by atoms with Gasteiger partial charge in [-0.25, -0.2) is 15.0 Å². The summed E-state index contributed by atoms with van der Waals surface area (Å²) in [5.74, 6) is 2.50. The molecule has 0 N–H and O–H groups in total. The molecule has 4 heterocycles. The van der Waals surface area contributed by atoms with Crippen molar-refractivity contribution < 1.29 is 51.0 Å². The van der Waals surface area contributed by atoms with E-state index in [1.54, 1.807) is 12.4 Å². The fourth-order valence-corrected chi connectivity index (χ4v) is 7.49. The molecule has 0 saturated heterocycles. The smallest absolute Gasteiger partial charge is 0.502 e. The number of aryl methyl sites for hydroxylation is 2. The molecule has 0 fully saturated rings. The molecule has 0 spiro atoms. The minimum Gasteiger partial charge on any atom is -0.502 e. The molecule has 0 radical (unpaired) electrons. The summed E-state index contributed by atoms with van der Waals surface area (Å²) in [5, 5.41) is 1.82. The van der Waals surface area contributed by atoms with Gasteiger partial charge in [0, 0.05) is 35.4 Å². The molecular formula is C51H32N6O2PdPt. The molecule has 6 aromatic carbocycles. The van der Waals surface area contributed by atoms with Crippen LogP contribution >= 0.6 is 0 Å². The van der Waals surface area contributed by atoms with Gasteiger partial charge in [0.1, 0.15) is 12.7 Å². The van der Waals surface area contributed by atoms with Crippen molar-refractivity contribution in [1.82, 2.24) is 29.5 Å². The van der Waals surface area contributed by atoms with Crippen molar-refractivity contribution in [3.05, 3.63) is 194 Å². The topological polar surface area (TPSA) is 87.8 Å². The Bertz CT molecular complexity index is 2930. The van der Waals surface area contributed by atoms with E-state index in [1.165, 1.54) is 12.7 Å². The average Bonchev–Trinajstić information content (AvgIpc) is 3.60. The Balaban J connectivity index is 0.00000257. The van der Waals surface area contributed by atoms with Gasteiger partial charge in [-0.1, -0.05) is 144 Å². The molecule has 0 atom stereocenters. The van der Waals surface area contributed by atoms with E-state index in [9.17, 15) is 0 Å². The first-order valence-electron chi connectivity index (χ1n) is 19.1. The van der Waals surface area contributed by atoms with Gasteiger partial charge in [-0.15, -0.1) is 58.7 Å². The Morgan fingerprint density at radius 1 is 0.492 bits per heavy atom.